The van der Waals surface area contributed by atoms with Gasteiger partial charge in [-0.2, -0.15) is 0 Å². The zero-order valence-corrected chi connectivity index (χ0v) is 12.4. The van der Waals surface area contributed by atoms with Crippen molar-refractivity contribution in [1.82, 2.24) is 10.3 Å². The molecule has 1 heterocycles. The van der Waals surface area contributed by atoms with Crippen molar-refractivity contribution in [3.8, 4) is 22.8 Å². The van der Waals surface area contributed by atoms with E-state index in [0.29, 0.717) is 11.8 Å². The van der Waals surface area contributed by atoms with Gasteiger partial charge in [-0.25, -0.2) is 4.98 Å². The first-order valence-corrected chi connectivity index (χ1v) is 7.20. The van der Waals surface area contributed by atoms with Crippen LogP contribution >= 0.6 is 0 Å². The zero-order valence-electron chi connectivity index (χ0n) is 12.4. The summed E-state index contributed by atoms with van der Waals surface area (Å²) in [5, 5.41) is 3.45. The molecule has 1 fully saturated rings. The second kappa shape index (κ2) is 6.18. The quantitative estimate of drug-likeness (QED) is 0.849. The van der Waals surface area contributed by atoms with Crippen LogP contribution in [0.25, 0.3) is 11.3 Å². The number of nitrogens with one attached hydrogen (secondary N) is 1. The third-order valence-electron chi connectivity index (χ3n) is 3.58. The maximum Gasteiger partial charge on any atom is 0.196 e. The minimum atomic E-state index is 0.709. The van der Waals surface area contributed by atoms with E-state index >= 15 is 0 Å². The minimum absolute atomic E-state index is 0.709. The van der Waals surface area contributed by atoms with Crippen LogP contribution in [0.4, 0.5) is 0 Å². The van der Waals surface area contributed by atoms with E-state index in [2.05, 4.69) is 10.3 Å². The lowest BCUT2D eigenvalue weighted by atomic mass is 10.1. The van der Waals surface area contributed by atoms with Crippen LogP contribution in [-0.2, 0) is 6.42 Å². The number of ether oxygens (including phenoxy) is 2. The SMILES string of the molecule is COc1ccc(-c2cnc(CCNC3CC3)o2)c(OC)c1. The molecule has 0 unspecified atom stereocenters. The van der Waals surface area contributed by atoms with Gasteiger partial charge in [0.1, 0.15) is 11.5 Å². The molecule has 0 spiro atoms. The van der Waals surface area contributed by atoms with Gasteiger partial charge in [0.05, 0.1) is 26.0 Å². The van der Waals surface area contributed by atoms with Gasteiger partial charge in [-0.1, -0.05) is 0 Å². The zero-order chi connectivity index (χ0) is 14.7. The number of rotatable bonds is 7. The van der Waals surface area contributed by atoms with Crippen molar-refractivity contribution in [3.63, 3.8) is 0 Å². The average Bonchev–Trinajstić information content (AvgIpc) is 3.23. The average molecular weight is 288 g/mol. The Bertz CT molecular complexity index is 605. The van der Waals surface area contributed by atoms with Crippen LogP contribution in [0.3, 0.4) is 0 Å². The molecule has 5 nitrogen and oxygen atoms in total. The maximum absolute atomic E-state index is 5.82. The molecule has 2 aromatic rings. The monoisotopic (exact) mass is 288 g/mol. The molecule has 0 atom stereocenters. The van der Waals surface area contributed by atoms with E-state index in [1.165, 1.54) is 12.8 Å². The van der Waals surface area contributed by atoms with Crippen molar-refractivity contribution in [3.05, 3.63) is 30.3 Å². The summed E-state index contributed by atoms with van der Waals surface area (Å²) in [6, 6.07) is 6.35. The highest BCUT2D eigenvalue weighted by atomic mass is 16.5. The van der Waals surface area contributed by atoms with Crippen molar-refractivity contribution in [2.24, 2.45) is 0 Å². The van der Waals surface area contributed by atoms with E-state index in [1.807, 2.05) is 18.2 Å². The first-order valence-electron chi connectivity index (χ1n) is 7.20. The Labute approximate surface area is 124 Å². The number of nitrogens with zero attached hydrogens (tertiary/aromatic N) is 1. The smallest absolute Gasteiger partial charge is 0.196 e. The van der Waals surface area contributed by atoms with Gasteiger partial charge in [0.15, 0.2) is 11.7 Å². The van der Waals surface area contributed by atoms with E-state index < -0.39 is 0 Å². The second-order valence-electron chi connectivity index (χ2n) is 5.16. The molecule has 21 heavy (non-hydrogen) atoms. The third kappa shape index (κ3) is 3.36. The molecule has 112 valence electrons. The van der Waals surface area contributed by atoms with Gasteiger partial charge in [0.2, 0.25) is 0 Å². The fraction of sp³-hybridized carbons (Fsp3) is 0.438. The van der Waals surface area contributed by atoms with Crippen molar-refractivity contribution >= 4 is 0 Å². The maximum atomic E-state index is 5.82. The highest BCUT2D eigenvalue weighted by Gasteiger charge is 2.20. The molecule has 1 N–H and O–H groups in total. The Hall–Kier alpha value is -2.01. The van der Waals surface area contributed by atoms with Crippen LogP contribution in [0, 0.1) is 0 Å². The van der Waals surface area contributed by atoms with Gasteiger partial charge < -0.3 is 19.2 Å². The van der Waals surface area contributed by atoms with Crippen LogP contribution in [-0.4, -0.2) is 31.8 Å². The molecule has 0 amide bonds. The fourth-order valence-electron chi connectivity index (χ4n) is 2.22. The normalized spacial score (nSPS) is 14.2. The molecule has 1 aliphatic carbocycles. The van der Waals surface area contributed by atoms with Gasteiger partial charge in [0.25, 0.3) is 0 Å². The number of methoxy groups -OCH3 is 2. The molecular weight excluding hydrogens is 268 g/mol. The molecule has 0 radical (unpaired) electrons. The molecule has 0 bridgehead atoms. The van der Waals surface area contributed by atoms with Crippen LogP contribution in [0.1, 0.15) is 18.7 Å². The standard InChI is InChI=1S/C16H20N2O3/c1-19-12-5-6-13(14(9-12)20-2)15-10-18-16(21-15)7-8-17-11-3-4-11/h5-6,9-11,17H,3-4,7-8H2,1-2H3. The lowest BCUT2D eigenvalue weighted by molar-refractivity contribution is 0.394. The summed E-state index contributed by atoms with van der Waals surface area (Å²) in [7, 11) is 3.27. The molecule has 1 aromatic heterocycles. The van der Waals surface area contributed by atoms with Crippen molar-refractivity contribution in [2.75, 3.05) is 20.8 Å². The summed E-state index contributed by atoms with van der Waals surface area (Å²) in [4.78, 5) is 4.33. The van der Waals surface area contributed by atoms with Gasteiger partial charge in [-0.05, 0) is 25.0 Å². The van der Waals surface area contributed by atoms with Gasteiger partial charge in [-0.15, -0.1) is 0 Å². The number of benzene rings is 1. The van der Waals surface area contributed by atoms with Crippen molar-refractivity contribution in [1.29, 1.82) is 0 Å². The van der Waals surface area contributed by atoms with E-state index in [-0.39, 0.29) is 0 Å². The Kier molecular flexibility index (Phi) is 4.10. The summed E-state index contributed by atoms with van der Waals surface area (Å²) in [6.07, 6.45) is 5.13. The molecule has 0 saturated heterocycles. The molecule has 1 aromatic carbocycles. The van der Waals surface area contributed by atoms with E-state index in [1.54, 1.807) is 20.4 Å². The Morgan fingerprint density at radius 2 is 2.14 bits per heavy atom. The highest BCUT2D eigenvalue weighted by Crippen LogP contribution is 2.33. The molecular formula is C16H20N2O3. The van der Waals surface area contributed by atoms with E-state index in [0.717, 1.165) is 35.9 Å². The second-order valence-corrected chi connectivity index (χ2v) is 5.16. The summed E-state index contributed by atoms with van der Waals surface area (Å²) in [5.74, 6) is 2.93. The molecule has 5 heteroatoms. The minimum Gasteiger partial charge on any atom is -0.497 e. The molecule has 3 rings (SSSR count). The first-order chi connectivity index (χ1) is 10.3. The lowest BCUT2D eigenvalue weighted by Gasteiger charge is -2.08. The Balaban J connectivity index is 1.72. The molecule has 0 aliphatic heterocycles. The van der Waals surface area contributed by atoms with Crippen molar-refractivity contribution in [2.45, 2.75) is 25.3 Å². The van der Waals surface area contributed by atoms with Crippen LogP contribution in [0.2, 0.25) is 0 Å². The summed E-state index contributed by atoms with van der Waals surface area (Å²) < 4.78 is 16.4. The topological polar surface area (TPSA) is 56.5 Å². The predicted octanol–water partition coefficient (Wildman–Crippen LogP) is 2.65. The number of hydrogen-bond donors (Lipinski definition) is 1. The third-order valence-corrected chi connectivity index (χ3v) is 3.58. The predicted molar refractivity (Wildman–Crippen MR) is 79.8 cm³/mol. The van der Waals surface area contributed by atoms with Gasteiger partial charge in [-0.3, -0.25) is 0 Å². The van der Waals surface area contributed by atoms with Gasteiger partial charge in [0, 0.05) is 25.1 Å². The highest BCUT2D eigenvalue weighted by molar-refractivity contribution is 5.66. The number of oxazole rings is 1. The van der Waals surface area contributed by atoms with Crippen LogP contribution in [0.15, 0.2) is 28.8 Å². The lowest BCUT2D eigenvalue weighted by Crippen LogP contribution is -2.19. The largest absolute Gasteiger partial charge is 0.497 e. The summed E-state index contributed by atoms with van der Waals surface area (Å²) >= 11 is 0. The summed E-state index contributed by atoms with van der Waals surface area (Å²) in [6.45, 7) is 0.907. The van der Waals surface area contributed by atoms with Crippen LogP contribution in [0.5, 0.6) is 11.5 Å². The fourth-order valence-corrected chi connectivity index (χ4v) is 2.22. The van der Waals surface area contributed by atoms with E-state index in [4.69, 9.17) is 13.9 Å². The molecule has 1 saturated carbocycles. The number of hydrogen-bond acceptors (Lipinski definition) is 5. The Morgan fingerprint density at radius 3 is 2.86 bits per heavy atom. The van der Waals surface area contributed by atoms with Gasteiger partial charge >= 0.3 is 0 Å². The summed E-state index contributed by atoms with van der Waals surface area (Å²) in [5.41, 5.74) is 0.882. The number of aromatic nitrogens is 1. The Morgan fingerprint density at radius 1 is 1.29 bits per heavy atom. The molecule has 1 aliphatic rings. The van der Waals surface area contributed by atoms with E-state index in [9.17, 15) is 0 Å². The van der Waals surface area contributed by atoms with Crippen molar-refractivity contribution < 1.29 is 13.9 Å². The van der Waals surface area contributed by atoms with Crippen LogP contribution < -0.4 is 14.8 Å². The first kappa shape index (κ1) is 13.9.